The number of hydrogen-bond acceptors (Lipinski definition) is 3. The molecule has 5 heteroatoms. The van der Waals surface area contributed by atoms with Crippen molar-refractivity contribution >= 4 is 29.0 Å². The van der Waals surface area contributed by atoms with Crippen molar-refractivity contribution in [3.8, 4) is 0 Å². The maximum atomic E-state index is 12.7. The van der Waals surface area contributed by atoms with Gasteiger partial charge in [0.05, 0.1) is 11.1 Å². The molecular formula is C14H18Cl2N2O. The van der Waals surface area contributed by atoms with E-state index in [0.29, 0.717) is 15.6 Å². The van der Waals surface area contributed by atoms with Gasteiger partial charge >= 0.3 is 0 Å². The van der Waals surface area contributed by atoms with Crippen molar-refractivity contribution in [3.05, 3.63) is 33.8 Å². The summed E-state index contributed by atoms with van der Waals surface area (Å²) in [6.07, 6.45) is 1.07. The molecule has 104 valence electrons. The van der Waals surface area contributed by atoms with Crippen LogP contribution in [0, 0.1) is 0 Å². The molecule has 0 bridgehead atoms. The van der Waals surface area contributed by atoms with Gasteiger partial charge in [0.15, 0.2) is 5.78 Å². The minimum absolute atomic E-state index is 0.0451. The van der Waals surface area contributed by atoms with Gasteiger partial charge in [-0.3, -0.25) is 9.69 Å². The van der Waals surface area contributed by atoms with Gasteiger partial charge in [0.2, 0.25) is 0 Å². The molecule has 1 heterocycles. The van der Waals surface area contributed by atoms with Gasteiger partial charge in [0, 0.05) is 17.1 Å². The van der Waals surface area contributed by atoms with E-state index in [1.165, 1.54) is 0 Å². The Bertz CT molecular complexity index is 479. The summed E-state index contributed by atoms with van der Waals surface area (Å²) in [4.78, 5) is 17.0. The Hall–Kier alpha value is -0.610. The fraction of sp³-hybridized carbons (Fsp3) is 0.500. The van der Waals surface area contributed by atoms with Gasteiger partial charge in [0.25, 0.3) is 0 Å². The van der Waals surface area contributed by atoms with Crippen LogP contribution in [0.15, 0.2) is 18.2 Å². The van der Waals surface area contributed by atoms with Crippen LogP contribution in [0.4, 0.5) is 0 Å². The molecule has 1 aromatic rings. The zero-order valence-electron chi connectivity index (χ0n) is 11.2. The van der Waals surface area contributed by atoms with Crippen LogP contribution in [-0.4, -0.2) is 55.4 Å². The number of carbonyl (C=O) groups excluding carboxylic acids is 1. The highest BCUT2D eigenvalue weighted by molar-refractivity contribution is 6.36. The van der Waals surface area contributed by atoms with Crippen molar-refractivity contribution in [2.24, 2.45) is 0 Å². The predicted molar refractivity (Wildman–Crippen MR) is 79.3 cm³/mol. The van der Waals surface area contributed by atoms with E-state index in [1.807, 2.05) is 14.1 Å². The molecule has 0 aromatic heterocycles. The van der Waals surface area contributed by atoms with E-state index in [2.05, 4.69) is 9.80 Å². The summed E-state index contributed by atoms with van der Waals surface area (Å²) in [7, 11) is 4.03. The molecule has 1 fully saturated rings. The summed E-state index contributed by atoms with van der Waals surface area (Å²) in [5.74, 6) is 0.0451. The molecule has 1 unspecified atom stereocenters. The molecule has 1 saturated heterocycles. The Balaban J connectivity index is 2.28. The number of likely N-dealkylation sites (N-methyl/N-ethyl adjacent to an activating group) is 2. The average Bonchev–Trinajstić information content (AvgIpc) is 2.53. The highest BCUT2D eigenvalue weighted by Crippen LogP contribution is 2.23. The zero-order chi connectivity index (χ0) is 14.0. The lowest BCUT2D eigenvalue weighted by molar-refractivity contribution is 0.0839. The number of benzene rings is 1. The van der Waals surface area contributed by atoms with Crippen LogP contribution in [0.2, 0.25) is 10.0 Å². The third-order valence-electron chi connectivity index (χ3n) is 3.56. The Morgan fingerprint density at radius 3 is 2.74 bits per heavy atom. The Labute approximate surface area is 124 Å². The van der Waals surface area contributed by atoms with E-state index < -0.39 is 0 Å². The molecule has 0 amide bonds. The molecular weight excluding hydrogens is 283 g/mol. The van der Waals surface area contributed by atoms with Gasteiger partial charge in [-0.25, -0.2) is 0 Å². The minimum atomic E-state index is -0.163. The first-order valence-corrected chi connectivity index (χ1v) is 7.12. The van der Waals surface area contributed by atoms with Crippen LogP contribution < -0.4 is 0 Å². The van der Waals surface area contributed by atoms with Crippen LogP contribution in [0.3, 0.4) is 0 Å². The van der Waals surface area contributed by atoms with Gasteiger partial charge in [-0.05, 0) is 51.8 Å². The second-order valence-corrected chi connectivity index (χ2v) is 5.94. The van der Waals surface area contributed by atoms with Crippen molar-refractivity contribution < 1.29 is 4.79 Å². The number of carbonyl (C=O) groups is 1. The van der Waals surface area contributed by atoms with Crippen molar-refractivity contribution in [2.75, 3.05) is 33.7 Å². The quantitative estimate of drug-likeness (QED) is 0.785. The van der Waals surface area contributed by atoms with Gasteiger partial charge in [-0.15, -0.1) is 0 Å². The fourth-order valence-corrected chi connectivity index (χ4v) is 2.80. The third kappa shape index (κ3) is 3.48. The van der Waals surface area contributed by atoms with E-state index in [-0.39, 0.29) is 11.8 Å². The highest BCUT2D eigenvalue weighted by atomic mass is 35.5. The summed E-state index contributed by atoms with van der Waals surface area (Å²) in [6.45, 7) is 2.65. The normalized spacial score (nSPS) is 22.2. The second kappa shape index (κ2) is 6.23. The van der Waals surface area contributed by atoms with Gasteiger partial charge < -0.3 is 4.90 Å². The van der Waals surface area contributed by atoms with E-state index >= 15 is 0 Å². The largest absolute Gasteiger partial charge is 0.304 e. The SMILES string of the molecule is CN1CCCN(C)C(C(=O)c2cc(Cl)ccc2Cl)C1. The molecule has 1 aliphatic rings. The fourth-order valence-electron chi connectivity index (χ4n) is 2.42. The molecule has 0 radical (unpaired) electrons. The molecule has 3 nitrogen and oxygen atoms in total. The standard InChI is InChI=1S/C14H18Cl2N2O/c1-17-6-3-7-18(2)13(9-17)14(19)11-8-10(15)4-5-12(11)16/h4-5,8,13H,3,6-7,9H2,1-2H3. The van der Waals surface area contributed by atoms with Crippen LogP contribution in [0.5, 0.6) is 0 Å². The number of nitrogens with zero attached hydrogens (tertiary/aromatic N) is 2. The lowest BCUT2D eigenvalue weighted by Crippen LogP contribution is -2.43. The monoisotopic (exact) mass is 300 g/mol. The number of ketones is 1. The van der Waals surface area contributed by atoms with Gasteiger partial charge in [-0.2, -0.15) is 0 Å². The molecule has 1 aromatic carbocycles. The summed E-state index contributed by atoms with van der Waals surface area (Å²) < 4.78 is 0. The summed E-state index contributed by atoms with van der Waals surface area (Å²) in [5.41, 5.74) is 0.515. The first-order valence-electron chi connectivity index (χ1n) is 6.37. The molecule has 1 aliphatic heterocycles. The van der Waals surface area contributed by atoms with Crippen molar-refractivity contribution in [1.82, 2.24) is 9.80 Å². The van der Waals surface area contributed by atoms with E-state index in [9.17, 15) is 4.79 Å². The van der Waals surface area contributed by atoms with E-state index in [4.69, 9.17) is 23.2 Å². The number of rotatable bonds is 2. The van der Waals surface area contributed by atoms with Crippen LogP contribution in [-0.2, 0) is 0 Å². The van der Waals surface area contributed by atoms with Crippen molar-refractivity contribution in [3.63, 3.8) is 0 Å². The van der Waals surface area contributed by atoms with Crippen LogP contribution in [0.1, 0.15) is 16.8 Å². The Kier molecular flexibility index (Phi) is 4.85. The van der Waals surface area contributed by atoms with E-state index in [0.717, 1.165) is 26.1 Å². The van der Waals surface area contributed by atoms with Crippen molar-refractivity contribution in [1.29, 1.82) is 0 Å². The predicted octanol–water partition coefficient (Wildman–Crippen LogP) is 2.81. The minimum Gasteiger partial charge on any atom is -0.304 e. The number of Topliss-reactive ketones (excluding diaryl/α,β-unsaturated/α-hetero) is 1. The maximum Gasteiger partial charge on any atom is 0.182 e. The Morgan fingerprint density at radius 2 is 2.00 bits per heavy atom. The van der Waals surface area contributed by atoms with Gasteiger partial charge in [-0.1, -0.05) is 23.2 Å². The summed E-state index contributed by atoms with van der Waals surface area (Å²) in [6, 6.07) is 4.87. The average molecular weight is 301 g/mol. The number of halogens is 2. The highest BCUT2D eigenvalue weighted by Gasteiger charge is 2.29. The zero-order valence-corrected chi connectivity index (χ0v) is 12.7. The molecule has 0 aliphatic carbocycles. The van der Waals surface area contributed by atoms with Crippen LogP contribution in [0.25, 0.3) is 0 Å². The first-order chi connectivity index (χ1) is 8.99. The molecule has 0 saturated carbocycles. The second-order valence-electron chi connectivity index (χ2n) is 5.10. The van der Waals surface area contributed by atoms with Gasteiger partial charge in [0.1, 0.15) is 0 Å². The van der Waals surface area contributed by atoms with E-state index in [1.54, 1.807) is 18.2 Å². The van der Waals surface area contributed by atoms with Crippen molar-refractivity contribution in [2.45, 2.75) is 12.5 Å². The topological polar surface area (TPSA) is 23.6 Å². The number of hydrogen-bond donors (Lipinski definition) is 0. The smallest absolute Gasteiger partial charge is 0.182 e. The summed E-state index contributed by atoms with van der Waals surface area (Å²) in [5, 5.41) is 1.01. The molecule has 0 spiro atoms. The van der Waals surface area contributed by atoms with Crippen LogP contribution >= 0.6 is 23.2 Å². The molecule has 19 heavy (non-hydrogen) atoms. The molecule has 1 atom stereocenters. The lowest BCUT2D eigenvalue weighted by atomic mass is 10.0. The molecule has 0 N–H and O–H groups in total. The Morgan fingerprint density at radius 1 is 1.26 bits per heavy atom. The first kappa shape index (κ1) is 14.8. The summed E-state index contributed by atoms with van der Waals surface area (Å²) >= 11 is 12.1. The lowest BCUT2D eigenvalue weighted by Gasteiger charge is -2.26. The molecule has 2 rings (SSSR count). The maximum absolute atomic E-state index is 12.7. The third-order valence-corrected chi connectivity index (χ3v) is 4.13.